The Kier molecular flexibility index (Phi) is 6.72. The van der Waals surface area contributed by atoms with Crippen LogP contribution >= 0.6 is 35.0 Å². The van der Waals surface area contributed by atoms with Crippen LogP contribution in [0.3, 0.4) is 0 Å². The van der Waals surface area contributed by atoms with Crippen molar-refractivity contribution in [3.05, 3.63) is 63.6 Å². The molecule has 0 bridgehead atoms. The van der Waals surface area contributed by atoms with Crippen molar-refractivity contribution in [3.63, 3.8) is 0 Å². The highest BCUT2D eigenvalue weighted by Gasteiger charge is 2.09. The van der Waals surface area contributed by atoms with E-state index in [-0.39, 0.29) is 11.7 Å². The first-order chi connectivity index (χ1) is 13.4. The van der Waals surface area contributed by atoms with Gasteiger partial charge in [-0.2, -0.15) is 5.10 Å². The number of amides is 1. The summed E-state index contributed by atoms with van der Waals surface area (Å²) in [6.07, 6.45) is 1.42. The van der Waals surface area contributed by atoms with Gasteiger partial charge >= 0.3 is 0 Å². The lowest BCUT2D eigenvalue weighted by atomic mass is 10.2. The summed E-state index contributed by atoms with van der Waals surface area (Å²) in [7, 11) is 0. The summed E-state index contributed by atoms with van der Waals surface area (Å²) in [6, 6.07) is 10.5. The second-order valence-corrected chi connectivity index (χ2v) is 7.63. The molecule has 3 rings (SSSR count). The average Bonchev–Trinajstić information content (AvgIpc) is 3.08. The van der Waals surface area contributed by atoms with Gasteiger partial charge in [-0.3, -0.25) is 4.79 Å². The Labute approximate surface area is 176 Å². The minimum Gasteiger partial charge on any atom is -0.455 e. The number of carbonyl (C=O) groups excluding carboxylic acids is 1. The van der Waals surface area contributed by atoms with Gasteiger partial charge in [0, 0.05) is 22.0 Å². The highest BCUT2D eigenvalue weighted by molar-refractivity contribution is 7.99. The van der Waals surface area contributed by atoms with E-state index in [4.69, 9.17) is 27.6 Å². The van der Waals surface area contributed by atoms with Crippen LogP contribution in [0.25, 0.3) is 11.3 Å². The molecule has 0 aliphatic heterocycles. The molecule has 0 fully saturated rings. The average molecular weight is 435 g/mol. The normalized spacial score (nSPS) is 11.1. The Morgan fingerprint density at radius 2 is 1.93 bits per heavy atom. The predicted octanol–water partition coefficient (Wildman–Crippen LogP) is 4.90. The number of hydrazone groups is 1. The SMILES string of the molecule is Cc1cc(C)nc(SCC(=O)N/N=C\c2ccc(-c3ccc(Cl)cc3Cl)o2)n1. The number of aryl methyl sites for hydroxylation is 2. The Balaban J connectivity index is 1.54. The molecule has 1 amide bonds. The van der Waals surface area contributed by atoms with E-state index in [0.29, 0.717) is 26.7 Å². The molecule has 2 aromatic heterocycles. The lowest BCUT2D eigenvalue weighted by molar-refractivity contribution is -0.118. The molecule has 144 valence electrons. The predicted molar refractivity (Wildman–Crippen MR) is 112 cm³/mol. The molecule has 0 radical (unpaired) electrons. The van der Waals surface area contributed by atoms with Crippen molar-refractivity contribution in [2.75, 3.05) is 5.75 Å². The molecule has 0 saturated carbocycles. The zero-order chi connectivity index (χ0) is 20.1. The molecule has 0 aliphatic carbocycles. The third-order valence-electron chi connectivity index (χ3n) is 3.50. The van der Waals surface area contributed by atoms with Gasteiger partial charge in [-0.15, -0.1) is 0 Å². The van der Waals surface area contributed by atoms with Crippen molar-refractivity contribution < 1.29 is 9.21 Å². The topological polar surface area (TPSA) is 80.4 Å². The Morgan fingerprint density at radius 1 is 1.18 bits per heavy atom. The molecule has 3 aromatic rings. The van der Waals surface area contributed by atoms with Gasteiger partial charge in [0.25, 0.3) is 5.91 Å². The molecular weight excluding hydrogens is 419 g/mol. The highest BCUT2D eigenvalue weighted by Crippen LogP contribution is 2.31. The maximum Gasteiger partial charge on any atom is 0.250 e. The summed E-state index contributed by atoms with van der Waals surface area (Å²) in [5, 5.41) is 5.51. The van der Waals surface area contributed by atoms with E-state index < -0.39 is 0 Å². The van der Waals surface area contributed by atoms with Crippen molar-refractivity contribution >= 4 is 47.1 Å². The summed E-state index contributed by atoms with van der Waals surface area (Å²) in [4.78, 5) is 20.5. The molecule has 0 saturated heterocycles. The van der Waals surface area contributed by atoms with Gasteiger partial charge in [0.15, 0.2) is 5.16 Å². The number of hydrogen-bond donors (Lipinski definition) is 1. The second kappa shape index (κ2) is 9.23. The number of carbonyl (C=O) groups is 1. The van der Waals surface area contributed by atoms with E-state index in [1.807, 2.05) is 19.9 Å². The van der Waals surface area contributed by atoms with Gasteiger partial charge in [0.2, 0.25) is 0 Å². The molecule has 1 aromatic carbocycles. The molecule has 2 heterocycles. The third-order valence-corrected chi connectivity index (χ3v) is 4.89. The van der Waals surface area contributed by atoms with Gasteiger partial charge in [0.1, 0.15) is 11.5 Å². The summed E-state index contributed by atoms with van der Waals surface area (Å²) in [5.74, 6) is 0.949. The quantitative estimate of drug-likeness (QED) is 0.258. The number of nitrogens with one attached hydrogen (secondary N) is 1. The zero-order valence-electron chi connectivity index (χ0n) is 15.1. The number of thioether (sulfide) groups is 1. The molecule has 0 unspecified atom stereocenters. The summed E-state index contributed by atoms with van der Waals surface area (Å²) < 4.78 is 5.67. The largest absolute Gasteiger partial charge is 0.455 e. The molecule has 0 spiro atoms. The van der Waals surface area contributed by atoms with Crippen molar-refractivity contribution in [2.24, 2.45) is 5.10 Å². The van der Waals surface area contributed by atoms with Gasteiger partial charge in [-0.25, -0.2) is 15.4 Å². The maximum absolute atomic E-state index is 11.9. The molecule has 9 heteroatoms. The van der Waals surface area contributed by atoms with E-state index in [1.165, 1.54) is 18.0 Å². The van der Waals surface area contributed by atoms with Crippen LogP contribution < -0.4 is 5.43 Å². The smallest absolute Gasteiger partial charge is 0.250 e. The van der Waals surface area contributed by atoms with Crippen molar-refractivity contribution in [1.82, 2.24) is 15.4 Å². The number of aromatic nitrogens is 2. The number of nitrogens with zero attached hydrogens (tertiary/aromatic N) is 3. The molecule has 28 heavy (non-hydrogen) atoms. The lowest BCUT2D eigenvalue weighted by Gasteiger charge is -2.02. The van der Waals surface area contributed by atoms with Crippen LogP contribution in [0.2, 0.25) is 10.0 Å². The Bertz CT molecular complexity index is 1020. The summed E-state index contributed by atoms with van der Waals surface area (Å²) >= 11 is 13.3. The van der Waals surface area contributed by atoms with Crippen LogP contribution in [-0.2, 0) is 4.79 Å². The van der Waals surface area contributed by atoms with Crippen LogP contribution in [0.4, 0.5) is 0 Å². The summed E-state index contributed by atoms with van der Waals surface area (Å²) in [5.41, 5.74) is 4.90. The fraction of sp³-hybridized carbons (Fsp3) is 0.158. The monoisotopic (exact) mass is 434 g/mol. The minimum atomic E-state index is -0.267. The number of benzene rings is 1. The van der Waals surface area contributed by atoms with Gasteiger partial charge in [0.05, 0.1) is 17.0 Å². The van der Waals surface area contributed by atoms with E-state index >= 15 is 0 Å². The second-order valence-electron chi connectivity index (χ2n) is 5.84. The first-order valence-electron chi connectivity index (χ1n) is 8.23. The molecule has 0 aliphatic rings. The molecular formula is C19H16Cl2N4O2S. The number of halogens is 2. The fourth-order valence-electron chi connectivity index (χ4n) is 2.34. The number of hydrogen-bond acceptors (Lipinski definition) is 6. The van der Waals surface area contributed by atoms with Gasteiger partial charge in [-0.05, 0) is 50.2 Å². The summed E-state index contributed by atoms with van der Waals surface area (Å²) in [6.45, 7) is 3.77. The van der Waals surface area contributed by atoms with Crippen LogP contribution in [0.15, 0.2) is 51.1 Å². The Hall–Kier alpha value is -2.35. The van der Waals surface area contributed by atoms with E-state index in [1.54, 1.807) is 30.3 Å². The highest BCUT2D eigenvalue weighted by atomic mass is 35.5. The minimum absolute atomic E-state index is 0.157. The maximum atomic E-state index is 11.9. The number of furan rings is 1. The Morgan fingerprint density at radius 3 is 2.64 bits per heavy atom. The number of rotatable bonds is 6. The molecule has 6 nitrogen and oxygen atoms in total. The molecule has 1 N–H and O–H groups in total. The zero-order valence-corrected chi connectivity index (χ0v) is 17.4. The van der Waals surface area contributed by atoms with Gasteiger partial charge < -0.3 is 4.42 Å². The fourth-order valence-corrected chi connectivity index (χ4v) is 3.59. The molecule has 0 atom stereocenters. The first kappa shape index (κ1) is 20.4. The van der Waals surface area contributed by atoms with Crippen molar-refractivity contribution in [1.29, 1.82) is 0 Å². The lowest BCUT2D eigenvalue weighted by Crippen LogP contribution is -2.19. The van der Waals surface area contributed by atoms with Crippen LogP contribution in [-0.4, -0.2) is 27.8 Å². The van der Waals surface area contributed by atoms with E-state index in [0.717, 1.165) is 17.0 Å². The van der Waals surface area contributed by atoms with Crippen LogP contribution in [0, 0.1) is 13.8 Å². The van der Waals surface area contributed by atoms with Crippen LogP contribution in [0.1, 0.15) is 17.1 Å². The van der Waals surface area contributed by atoms with Gasteiger partial charge in [-0.1, -0.05) is 35.0 Å². The van der Waals surface area contributed by atoms with Crippen molar-refractivity contribution in [2.45, 2.75) is 19.0 Å². The van der Waals surface area contributed by atoms with Crippen LogP contribution in [0.5, 0.6) is 0 Å². The van der Waals surface area contributed by atoms with E-state index in [2.05, 4.69) is 20.5 Å². The first-order valence-corrected chi connectivity index (χ1v) is 9.97. The third kappa shape index (κ3) is 5.58. The standard InChI is InChI=1S/C19H16Cl2N4O2S/c1-11-7-12(2)24-19(23-11)28-10-18(26)25-22-9-14-4-6-17(27-14)15-5-3-13(20)8-16(15)21/h3-9H,10H2,1-2H3,(H,25,26)/b22-9-. The van der Waals surface area contributed by atoms with E-state index in [9.17, 15) is 4.79 Å². The van der Waals surface area contributed by atoms with Crippen molar-refractivity contribution in [3.8, 4) is 11.3 Å².